The third-order valence-electron chi connectivity index (χ3n) is 4.25. The molecule has 1 aliphatic carbocycles. The maximum Gasteiger partial charge on any atom is 0.0457 e. The summed E-state index contributed by atoms with van der Waals surface area (Å²) >= 11 is 3.58. The number of aromatic nitrogens is 1. The number of halogens is 1. The molecule has 0 aliphatic heterocycles. The Hall–Kier alpha value is -0.760. The normalized spacial score (nSPS) is 19.6. The first-order valence-corrected chi connectivity index (χ1v) is 7.25. The quantitative estimate of drug-likeness (QED) is 0.748. The van der Waals surface area contributed by atoms with Crippen molar-refractivity contribution in [3.8, 4) is 0 Å². The summed E-state index contributed by atoms with van der Waals surface area (Å²) in [6.07, 6.45) is 9.03. The molecule has 1 heterocycles. The first kappa shape index (κ1) is 11.3. The predicted octanol–water partition coefficient (Wildman–Crippen LogP) is 5.15. The molecule has 1 aromatic heterocycles. The average Bonchev–Trinajstić information content (AvgIpc) is 2.73. The van der Waals surface area contributed by atoms with Gasteiger partial charge in [-0.2, -0.15) is 0 Å². The third kappa shape index (κ3) is 1.93. The van der Waals surface area contributed by atoms with Gasteiger partial charge < -0.3 is 4.98 Å². The molecule has 0 amide bonds. The fourth-order valence-electron chi connectivity index (χ4n) is 3.19. The Morgan fingerprint density at radius 1 is 1.18 bits per heavy atom. The first-order valence-electron chi connectivity index (χ1n) is 6.46. The standard InChI is InChI=1S/C15H18BrN/c1-15(7-3-2-4-8-15)13-10-17-14-6-5-11(16)9-12(13)14/h5-6,9-10,17H,2-4,7-8H2,1H3. The van der Waals surface area contributed by atoms with Gasteiger partial charge in [-0.25, -0.2) is 0 Å². The molecule has 0 unspecified atom stereocenters. The van der Waals surface area contributed by atoms with Crippen LogP contribution in [0.15, 0.2) is 28.9 Å². The number of rotatable bonds is 1. The van der Waals surface area contributed by atoms with E-state index in [2.05, 4.69) is 52.2 Å². The second-order valence-corrected chi connectivity index (χ2v) is 6.43. The lowest BCUT2D eigenvalue weighted by molar-refractivity contribution is 0.322. The monoisotopic (exact) mass is 291 g/mol. The van der Waals surface area contributed by atoms with E-state index in [1.165, 1.54) is 53.0 Å². The molecule has 1 N–H and O–H groups in total. The third-order valence-corrected chi connectivity index (χ3v) is 4.74. The summed E-state index contributed by atoms with van der Waals surface area (Å²) in [5.41, 5.74) is 3.14. The van der Waals surface area contributed by atoms with Crippen LogP contribution in [0.25, 0.3) is 10.9 Å². The van der Waals surface area contributed by atoms with E-state index in [0.29, 0.717) is 5.41 Å². The maximum atomic E-state index is 3.58. The van der Waals surface area contributed by atoms with Crippen LogP contribution < -0.4 is 0 Å². The fraction of sp³-hybridized carbons (Fsp3) is 0.467. The minimum Gasteiger partial charge on any atom is -0.361 e. The topological polar surface area (TPSA) is 15.8 Å². The Bertz CT molecular complexity index is 535. The highest BCUT2D eigenvalue weighted by atomic mass is 79.9. The zero-order chi connectivity index (χ0) is 11.9. The molecule has 1 aromatic carbocycles. The van der Waals surface area contributed by atoms with Crippen molar-refractivity contribution in [1.29, 1.82) is 0 Å². The molecular weight excluding hydrogens is 274 g/mol. The van der Waals surface area contributed by atoms with Crippen LogP contribution in [0.4, 0.5) is 0 Å². The first-order chi connectivity index (χ1) is 8.19. The maximum absolute atomic E-state index is 3.58. The molecule has 2 heteroatoms. The summed E-state index contributed by atoms with van der Waals surface area (Å²) in [7, 11) is 0. The zero-order valence-corrected chi connectivity index (χ0v) is 11.8. The fourth-order valence-corrected chi connectivity index (χ4v) is 3.55. The van der Waals surface area contributed by atoms with Crippen molar-refractivity contribution in [3.05, 3.63) is 34.4 Å². The van der Waals surface area contributed by atoms with Crippen molar-refractivity contribution < 1.29 is 0 Å². The van der Waals surface area contributed by atoms with Gasteiger partial charge in [0.15, 0.2) is 0 Å². The van der Waals surface area contributed by atoms with Crippen LogP contribution in [-0.2, 0) is 5.41 Å². The van der Waals surface area contributed by atoms with E-state index >= 15 is 0 Å². The summed E-state index contributed by atoms with van der Waals surface area (Å²) < 4.78 is 1.17. The summed E-state index contributed by atoms with van der Waals surface area (Å²) in [5.74, 6) is 0. The number of benzene rings is 1. The lowest BCUT2D eigenvalue weighted by Gasteiger charge is -2.33. The highest BCUT2D eigenvalue weighted by Crippen LogP contribution is 2.42. The van der Waals surface area contributed by atoms with Gasteiger partial charge in [-0.15, -0.1) is 0 Å². The van der Waals surface area contributed by atoms with E-state index in [0.717, 1.165) is 0 Å². The van der Waals surface area contributed by atoms with Crippen LogP contribution in [0.3, 0.4) is 0 Å². The molecular formula is C15H18BrN. The van der Waals surface area contributed by atoms with Crippen LogP contribution in [0.2, 0.25) is 0 Å². The number of aromatic amines is 1. The number of fused-ring (bicyclic) bond motifs is 1. The Morgan fingerprint density at radius 2 is 1.94 bits per heavy atom. The molecule has 2 aromatic rings. The van der Waals surface area contributed by atoms with Gasteiger partial charge in [0.1, 0.15) is 0 Å². The highest BCUT2D eigenvalue weighted by Gasteiger charge is 2.30. The minimum absolute atomic E-state index is 0.372. The van der Waals surface area contributed by atoms with Gasteiger partial charge >= 0.3 is 0 Å². The molecule has 0 spiro atoms. The molecule has 17 heavy (non-hydrogen) atoms. The molecule has 90 valence electrons. The number of H-pyrrole nitrogens is 1. The van der Waals surface area contributed by atoms with Crippen LogP contribution in [-0.4, -0.2) is 4.98 Å². The minimum atomic E-state index is 0.372. The molecule has 0 atom stereocenters. The summed E-state index contributed by atoms with van der Waals surface area (Å²) in [5, 5.41) is 1.39. The van der Waals surface area contributed by atoms with E-state index in [4.69, 9.17) is 0 Å². The van der Waals surface area contributed by atoms with E-state index < -0.39 is 0 Å². The largest absolute Gasteiger partial charge is 0.361 e. The van der Waals surface area contributed by atoms with Gasteiger partial charge in [-0.3, -0.25) is 0 Å². The van der Waals surface area contributed by atoms with Crippen LogP contribution in [0, 0.1) is 0 Å². The Labute approximate surface area is 111 Å². The van der Waals surface area contributed by atoms with Gasteiger partial charge in [0.25, 0.3) is 0 Å². The molecule has 1 aliphatic rings. The van der Waals surface area contributed by atoms with E-state index in [1.54, 1.807) is 0 Å². The van der Waals surface area contributed by atoms with Gasteiger partial charge in [-0.1, -0.05) is 42.1 Å². The molecule has 3 rings (SSSR count). The van der Waals surface area contributed by atoms with Crippen molar-refractivity contribution in [2.24, 2.45) is 0 Å². The second-order valence-electron chi connectivity index (χ2n) is 5.51. The molecule has 0 radical (unpaired) electrons. The number of nitrogens with one attached hydrogen (secondary N) is 1. The van der Waals surface area contributed by atoms with Gasteiger partial charge in [-0.05, 0) is 42.0 Å². The van der Waals surface area contributed by atoms with E-state index in [1.807, 2.05) is 0 Å². The van der Waals surface area contributed by atoms with Crippen molar-refractivity contribution in [1.82, 2.24) is 4.98 Å². The van der Waals surface area contributed by atoms with Crippen molar-refractivity contribution in [2.45, 2.75) is 44.4 Å². The van der Waals surface area contributed by atoms with Gasteiger partial charge in [0, 0.05) is 21.6 Å². The van der Waals surface area contributed by atoms with Gasteiger partial charge in [0.2, 0.25) is 0 Å². The predicted molar refractivity (Wildman–Crippen MR) is 76.4 cm³/mol. The highest BCUT2D eigenvalue weighted by molar-refractivity contribution is 9.10. The van der Waals surface area contributed by atoms with Crippen LogP contribution in [0.5, 0.6) is 0 Å². The molecule has 1 fully saturated rings. The SMILES string of the molecule is CC1(c2c[nH]c3ccc(Br)cc23)CCCCC1. The van der Waals surface area contributed by atoms with E-state index in [-0.39, 0.29) is 0 Å². The molecule has 1 nitrogen and oxygen atoms in total. The zero-order valence-electron chi connectivity index (χ0n) is 10.2. The second kappa shape index (κ2) is 4.16. The molecule has 0 saturated heterocycles. The lowest BCUT2D eigenvalue weighted by Crippen LogP contribution is -2.24. The number of hydrogen-bond acceptors (Lipinski definition) is 0. The smallest absolute Gasteiger partial charge is 0.0457 e. The Morgan fingerprint density at radius 3 is 2.71 bits per heavy atom. The number of hydrogen-bond donors (Lipinski definition) is 1. The average molecular weight is 292 g/mol. The van der Waals surface area contributed by atoms with Crippen LogP contribution >= 0.6 is 15.9 Å². The summed E-state index contributed by atoms with van der Waals surface area (Å²) in [6, 6.07) is 6.52. The lowest BCUT2D eigenvalue weighted by atomic mass is 9.71. The summed E-state index contributed by atoms with van der Waals surface area (Å²) in [4.78, 5) is 3.42. The van der Waals surface area contributed by atoms with Crippen molar-refractivity contribution in [2.75, 3.05) is 0 Å². The molecule has 1 saturated carbocycles. The van der Waals surface area contributed by atoms with Gasteiger partial charge in [0.05, 0.1) is 0 Å². The van der Waals surface area contributed by atoms with Crippen LogP contribution in [0.1, 0.15) is 44.6 Å². The van der Waals surface area contributed by atoms with E-state index in [9.17, 15) is 0 Å². The Balaban J connectivity index is 2.13. The molecule has 0 bridgehead atoms. The van der Waals surface area contributed by atoms with Crippen molar-refractivity contribution in [3.63, 3.8) is 0 Å². The van der Waals surface area contributed by atoms with Crippen molar-refractivity contribution >= 4 is 26.8 Å². The Kier molecular flexibility index (Phi) is 2.78. The summed E-state index contributed by atoms with van der Waals surface area (Å²) in [6.45, 7) is 2.43.